The van der Waals surface area contributed by atoms with Crippen LogP contribution in [0.2, 0.25) is 0 Å². The van der Waals surface area contributed by atoms with E-state index in [1.54, 1.807) is 20.8 Å². The van der Waals surface area contributed by atoms with Crippen LogP contribution in [0.25, 0.3) is 0 Å². The third kappa shape index (κ3) is 23.7. The molecule has 2 aliphatic heterocycles. The number of rotatable bonds is 13. The summed E-state index contributed by atoms with van der Waals surface area (Å²) >= 11 is 6.80. The first-order chi connectivity index (χ1) is 28.5. The predicted molar refractivity (Wildman–Crippen MR) is 241 cm³/mol. The summed E-state index contributed by atoms with van der Waals surface area (Å²) in [5.74, 6) is -0.0184. The summed E-state index contributed by atoms with van der Waals surface area (Å²) in [4.78, 5) is 49.2. The van der Waals surface area contributed by atoms with Crippen molar-refractivity contribution in [3.8, 4) is 0 Å². The van der Waals surface area contributed by atoms with E-state index in [1.165, 1.54) is 14.2 Å². The first-order valence-electron chi connectivity index (χ1n) is 20.4. The van der Waals surface area contributed by atoms with Crippen molar-refractivity contribution in [3.05, 3.63) is 68.6 Å². The fourth-order valence-electron chi connectivity index (χ4n) is 6.35. The van der Waals surface area contributed by atoms with Gasteiger partial charge >= 0.3 is 24.1 Å². The van der Waals surface area contributed by atoms with Gasteiger partial charge in [0.1, 0.15) is 11.2 Å². The SMILES string of the molecule is CC(C)(C)OC(=O)N[C@H](CCOS(C)(=O)=O)c1ccc(Br)cc1.COC(=O)C1CCN(CC[C@@H](NC(=O)OC(C)(C)C)c2ccc(Br)cc2)CC1.COC(=O)C1CCNCC1. The number of likely N-dealkylation sites (tertiary alicyclic amines) is 1. The summed E-state index contributed by atoms with van der Waals surface area (Å²) in [6.45, 7) is 15.3. The molecule has 2 atom stereocenters. The molecule has 15 nitrogen and oxygen atoms in total. The van der Waals surface area contributed by atoms with Crippen LogP contribution in [0.3, 0.4) is 0 Å². The first-order valence-corrected chi connectivity index (χ1v) is 23.8. The minimum Gasteiger partial charge on any atom is -0.469 e. The van der Waals surface area contributed by atoms with Gasteiger partial charge in [-0.15, -0.1) is 0 Å². The third-order valence-electron chi connectivity index (χ3n) is 9.36. The monoisotopic (exact) mass is 1000 g/mol. The van der Waals surface area contributed by atoms with Crippen molar-refractivity contribution in [1.29, 1.82) is 0 Å². The number of methoxy groups -OCH3 is 2. The standard InChI is InChI=1S/C21H31BrN2O4.C15H22BrNO5S.C7H13NO2/c1-21(2,3)28-20(26)23-18(15-5-7-17(22)8-6-15)11-14-24-12-9-16(10-13-24)19(25)27-4;1-15(2,3)22-14(18)17-13(9-10-21-23(4,19)20)11-5-7-12(16)8-6-11;1-10-7(9)6-2-4-8-5-3-6/h5-8,16,18H,9-14H2,1-4H3,(H,23,26);5-8,13H,9-10H2,1-4H3,(H,17,18);6,8H,2-5H2,1H3/t18-;13-;/m11./s1. The summed E-state index contributed by atoms with van der Waals surface area (Å²) in [5, 5.41) is 8.94. The van der Waals surface area contributed by atoms with Gasteiger partial charge < -0.3 is 39.8 Å². The molecule has 3 N–H and O–H groups in total. The molecule has 0 radical (unpaired) electrons. The third-order valence-corrected chi connectivity index (χ3v) is 11.0. The number of nitrogens with zero attached hydrogens (tertiary/aromatic N) is 1. The molecule has 0 saturated carbocycles. The summed E-state index contributed by atoms with van der Waals surface area (Å²) < 4.78 is 48.9. The van der Waals surface area contributed by atoms with Gasteiger partial charge in [0.05, 0.1) is 51.0 Å². The zero-order valence-corrected chi connectivity index (χ0v) is 41.0. The number of carbonyl (C=O) groups is 4. The Kier molecular flexibility index (Phi) is 23.3. The zero-order valence-electron chi connectivity index (χ0n) is 37.0. The maximum Gasteiger partial charge on any atom is 0.408 e. The second kappa shape index (κ2) is 26.4. The molecule has 344 valence electrons. The Balaban J connectivity index is 0.000000347. The van der Waals surface area contributed by atoms with E-state index in [2.05, 4.69) is 57.4 Å². The maximum absolute atomic E-state index is 12.3. The highest BCUT2D eigenvalue weighted by atomic mass is 79.9. The van der Waals surface area contributed by atoms with Crippen molar-refractivity contribution in [3.63, 3.8) is 0 Å². The number of carbonyl (C=O) groups excluding carboxylic acids is 4. The number of hydrogen-bond donors (Lipinski definition) is 3. The van der Waals surface area contributed by atoms with Crippen molar-refractivity contribution in [2.24, 2.45) is 11.8 Å². The van der Waals surface area contributed by atoms with E-state index in [-0.39, 0.29) is 36.4 Å². The molecular weight excluding hydrogens is 940 g/mol. The van der Waals surface area contributed by atoms with Crippen LogP contribution in [0.5, 0.6) is 0 Å². The van der Waals surface area contributed by atoms with Crippen molar-refractivity contribution in [1.82, 2.24) is 20.9 Å². The molecule has 2 aliphatic rings. The van der Waals surface area contributed by atoms with E-state index in [0.29, 0.717) is 6.42 Å². The molecule has 2 amide bonds. The van der Waals surface area contributed by atoms with Crippen LogP contribution in [-0.2, 0) is 42.8 Å². The van der Waals surface area contributed by atoms with Gasteiger partial charge in [-0.05, 0) is 142 Å². The highest BCUT2D eigenvalue weighted by molar-refractivity contribution is 9.10. The van der Waals surface area contributed by atoms with Gasteiger partial charge in [0.2, 0.25) is 0 Å². The maximum atomic E-state index is 12.3. The van der Waals surface area contributed by atoms with Gasteiger partial charge in [0.15, 0.2) is 0 Å². The lowest BCUT2D eigenvalue weighted by Gasteiger charge is -2.32. The number of amides is 2. The average molecular weight is 1010 g/mol. The molecule has 0 spiro atoms. The Morgan fingerprint density at radius 3 is 1.48 bits per heavy atom. The van der Waals surface area contributed by atoms with Crippen LogP contribution in [0.4, 0.5) is 9.59 Å². The van der Waals surface area contributed by atoms with Gasteiger partial charge in [-0.2, -0.15) is 8.42 Å². The smallest absolute Gasteiger partial charge is 0.408 e. The van der Waals surface area contributed by atoms with E-state index in [9.17, 15) is 27.6 Å². The normalized spacial score (nSPS) is 16.2. The van der Waals surface area contributed by atoms with E-state index in [1.807, 2.05) is 69.3 Å². The van der Waals surface area contributed by atoms with Crippen LogP contribution in [0, 0.1) is 11.8 Å². The van der Waals surface area contributed by atoms with Crippen molar-refractivity contribution >= 4 is 66.1 Å². The summed E-state index contributed by atoms with van der Waals surface area (Å²) in [6.07, 6.45) is 4.55. The number of esters is 2. The molecule has 0 unspecified atom stereocenters. The van der Waals surface area contributed by atoms with Gasteiger partial charge in [-0.25, -0.2) is 9.59 Å². The molecular formula is C43H66Br2N4O11S. The number of ether oxygens (including phenoxy) is 4. The molecule has 2 aromatic carbocycles. The largest absolute Gasteiger partial charge is 0.469 e. The Bertz CT molecular complexity index is 1760. The lowest BCUT2D eigenvalue weighted by Crippen LogP contribution is -2.40. The Hall–Kier alpha value is -3.29. The second-order valence-corrected chi connectivity index (χ2v) is 20.3. The fourth-order valence-corrected chi connectivity index (χ4v) is 7.27. The second-order valence-electron chi connectivity index (χ2n) is 16.8. The molecule has 61 heavy (non-hydrogen) atoms. The fraction of sp³-hybridized carbons (Fsp3) is 0.628. The zero-order chi connectivity index (χ0) is 45.8. The van der Waals surface area contributed by atoms with Gasteiger partial charge in [0.25, 0.3) is 10.1 Å². The summed E-state index contributed by atoms with van der Waals surface area (Å²) in [6, 6.07) is 14.8. The quantitative estimate of drug-likeness (QED) is 0.100. The molecule has 2 aromatic rings. The molecule has 18 heteroatoms. The predicted octanol–water partition coefficient (Wildman–Crippen LogP) is 7.83. The summed E-state index contributed by atoms with van der Waals surface area (Å²) in [7, 11) is -0.624. The van der Waals surface area contributed by atoms with Crippen LogP contribution in [0.1, 0.15) is 103 Å². The van der Waals surface area contributed by atoms with Crippen molar-refractivity contribution < 1.29 is 50.7 Å². The van der Waals surface area contributed by atoms with Crippen LogP contribution < -0.4 is 16.0 Å². The topological polar surface area (TPSA) is 188 Å². The molecule has 0 aliphatic carbocycles. The Morgan fingerprint density at radius 2 is 1.10 bits per heavy atom. The van der Waals surface area contributed by atoms with E-state index >= 15 is 0 Å². The Morgan fingerprint density at radius 1 is 0.705 bits per heavy atom. The number of piperidine rings is 2. The van der Waals surface area contributed by atoms with Crippen molar-refractivity contribution in [2.75, 3.05) is 59.8 Å². The highest BCUT2D eigenvalue weighted by Gasteiger charge is 2.27. The number of nitrogens with one attached hydrogen (secondary N) is 3. The first kappa shape index (κ1) is 53.8. The van der Waals surface area contributed by atoms with E-state index < -0.39 is 39.5 Å². The number of alkyl carbamates (subject to hydrolysis) is 2. The van der Waals surface area contributed by atoms with E-state index in [4.69, 9.17) is 18.4 Å². The van der Waals surface area contributed by atoms with Crippen LogP contribution in [-0.4, -0.2) is 108 Å². The van der Waals surface area contributed by atoms with Gasteiger partial charge in [-0.3, -0.25) is 13.8 Å². The van der Waals surface area contributed by atoms with Gasteiger partial charge in [-0.1, -0.05) is 56.1 Å². The van der Waals surface area contributed by atoms with Crippen LogP contribution >= 0.6 is 31.9 Å². The number of hydrogen-bond acceptors (Lipinski definition) is 13. The minimum absolute atomic E-state index is 0.00316. The van der Waals surface area contributed by atoms with Crippen LogP contribution in [0.15, 0.2) is 57.5 Å². The highest BCUT2D eigenvalue weighted by Crippen LogP contribution is 2.25. The van der Waals surface area contributed by atoms with Crippen molar-refractivity contribution in [2.45, 2.75) is 103 Å². The lowest BCUT2D eigenvalue weighted by molar-refractivity contribution is -0.147. The molecule has 4 rings (SSSR count). The minimum atomic E-state index is -3.52. The number of benzene rings is 2. The molecule has 2 saturated heterocycles. The molecule has 2 heterocycles. The molecule has 2 fully saturated rings. The Labute approximate surface area is 379 Å². The number of halogens is 2. The molecule has 0 aromatic heterocycles. The van der Waals surface area contributed by atoms with Gasteiger partial charge in [0, 0.05) is 15.5 Å². The summed E-state index contributed by atoms with van der Waals surface area (Å²) in [5.41, 5.74) is 0.719. The van der Waals surface area contributed by atoms with E-state index in [0.717, 1.165) is 91.2 Å². The lowest BCUT2D eigenvalue weighted by atomic mass is 9.96. The average Bonchev–Trinajstić information content (AvgIpc) is 3.18. The molecule has 0 bridgehead atoms.